The Morgan fingerprint density at radius 2 is 1.67 bits per heavy atom. The van der Waals surface area contributed by atoms with E-state index in [0.717, 1.165) is 70.3 Å². The molecule has 7 nitrogen and oxygen atoms in total. The zero-order chi connectivity index (χ0) is 31.0. The minimum absolute atomic E-state index is 0.0996. The first-order chi connectivity index (χ1) is 20.6. The predicted octanol–water partition coefficient (Wildman–Crippen LogP) is 5.86. The highest BCUT2D eigenvalue weighted by Gasteiger charge is 2.49. The maximum atomic E-state index is 13.1. The van der Waals surface area contributed by atoms with Gasteiger partial charge in [0, 0.05) is 63.0 Å². The lowest BCUT2D eigenvalue weighted by atomic mass is 9.84. The minimum atomic E-state index is -0.490. The summed E-state index contributed by atoms with van der Waals surface area (Å²) in [5.41, 5.74) is 1.81. The Labute approximate surface area is 262 Å². The molecule has 5 rings (SSSR count). The molecule has 2 aromatic rings. The summed E-state index contributed by atoms with van der Waals surface area (Å²) in [7, 11) is 1.80. The van der Waals surface area contributed by atoms with Crippen LogP contribution in [0.15, 0.2) is 59.5 Å². The van der Waals surface area contributed by atoms with Crippen molar-refractivity contribution in [3.8, 4) is 0 Å². The van der Waals surface area contributed by atoms with E-state index in [9.17, 15) is 14.4 Å². The fraction of sp³-hybridized carbons (Fsp3) is 0.571. The predicted molar refractivity (Wildman–Crippen MR) is 175 cm³/mol. The van der Waals surface area contributed by atoms with Crippen LogP contribution in [0.5, 0.6) is 0 Å². The quantitative estimate of drug-likeness (QED) is 0.286. The van der Waals surface area contributed by atoms with Gasteiger partial charge in [-0.3, -0.25) is 4.79 Å². The van der Waals surface area contributed by atoms with Gasteiger partial charge in [0.15, 0.2) is 0 Å². The molecule has 2 saturated heterocycles. The number of aldehydes is 1. The summed E-state index contributed by atoms with van der Waals surface area (Å²) in [6.07, 6.45) is 6.90. The average molecular weight is 607 g/mol. The van der Waals surface area contributed by atoms with Crippen molar-refractivity contribution in [3.63, 3.8) is 0 Å². The summed E-state index contributed by atoms with van der Waals surface area (Å²) >= 11 is 1.70. The molecular weight excluding hydrogens is 556 g/mol. The summed E-state index contributed by atoms with van der Waals surface area (Å²) in [5, 5.41) is 3.22. The molecule has 1 aliphatic carbocycles. The number of urea groups is 1. The first kappa shape index (κ1) is 33.1. The fourth-order valence-electron chi connectivity index (χ4n) is 6.19. The Morgan fingerprint density at radius 1 is 1.02 bits per heavy atom. The highest BCUT2D eigenvalue weighted by molar-refractivity contribution is 7.98. The molecule has 43 heavy (non-hydrogen) atoms. The maximum absolute atomic E-state index is 13.1. The number of hydrogen-bond acceptors (Lipinski definition) is 5. The Hall–Kier alpha value is -2.84. The van der Waals surface area contributed by atoms with Gasteiger partial charge < -0.3 is 24.8 Å². The van der Waals surface area contributed by atoms with Gasteiger partial charge in [0.2, 0.25) is 5.91 Å². The van der Waals surface area contributed by atoms with Gasteiger partial charge in [-0.2, -0.15) is 0 Å². The van der Waals surface area contributed by atoms with Crippen LogP contribution in [0.25, 0.3) is 0 Å². The van der Waals surface area contributed by atoms with Gasteiger partial charge >= 0.3 is 6.03 Å². The molecule has 8 heteroatoms. The number of thioether (sulfide) groups is 1. The number of carbonyl (C=O) groups excluding carboxylic acids is 3. The molecule has 1 saturated carbocycles. The maximum Gasteiger partial charge on any atom is 0.317 e. The van der Waals surface area contributed by atoms with Crippen molar-refractivity contribution >= 4 is 30.0 Å². The van der Waals surface area contributed by atoms with E-state index in [-0.39, 0.29) is 11.4 Å². The number of amides is 3. The number of hydrogen-bond donors (Lipinski definition) is 1. The molecule has 234 valence electrons. The van der Waals surface area contributed by atoms with Crippen molar-refractivity contribution in [1.82, 2.24) is 20.0 Å². The van der Waals surface area contributed by atoms with E-state index in [0.29, 0.717) is 30.7 Å². The lowest BCUT2D eigenvalue weighted by Crippen LogP contribution is -2.58. The second kappa shape index (κ2) is 14.8. The van der Waals surface area contributed by atoms with E-state index >= 15 is 0 Å². The first-order valence-electron chi connectivity index (χ1n) is 15.7. The summed E-state index contributed by atoms with van der Waals surface area (Å²) in [6.45, 7) is 11.4. The number of aryl methyl sites for hydroxylation is 1. The standard InChI is InChI=1S/C28H42N4O3S.C7H8/c1-21-17-32(25(34)27(2)9-10-27)20-23(21)19-31-14-11-28(12-15-31,13-16-33)29-26(35)30(3)18-22-5-7-24(36-4)8-6-22;1-7-5-3-2-4-6-7/h5-8,16,21,23H,9-15,17-20H2,1-4H3,(H,29,35);2-6H,1H3. The van der Waals surface area contributed by atoms with Crippen LogP contribution in [0, 0.1) is 24.2 Å². The Bertz CT molecular complexity index is 1210. The second-order valence-electron chi connectivity index (χ2n) is 13.2. The molecule has 2 atom stereocenters. The van der Waals surface area contributed by atoms with E-state index in [2.05, 4.69) is 72.3 Å². The summed E-state index contributed by atoms with van der Waals surface area (Å²) in [4.78, 5) is 44.9. The van der Waals surface area contributed by atoms with Crippen molar-refractivity contribution < 1.29 is 14.4 Å². The number of nitrogens with zero attached hydrogens (tertiary/aromatic N) is 3. The summed E-state index contributed by atoms with van der Waals surface area (Å²) < 4.78 is 0. The average Bonchev–Trinajstić information content (AvgIpc) is 3.66. The number of piperidine rings is 1. The molecule has 3 aliphatic rings. The monoisotopic (exact) mass is 606 g/mol. The van der Waals surface area contributed by atoms with Crippen LogP contribution < -0.4 is 5.32 Å². The Kier molecular flexibility index (Phi) is 11.3. The molecule has 2 heterocycles. The van der Waals surface area contributed by atoms with E-state index in [1.54, 1.807) is 23.7 Å². The van der Waals surface area contributed by atoms with Crippen LogP contribution in [-0.2, 0) is 16.1 Å². The van der Waals surface area contributed by atoms with Crippen molar-refractivity contribution in [2.75, 3.05) is 46.0 Å². The van der Waals surface area contributed by atoms with E-state index in [4.69, 9.17) is 0 Å². The van der Waals surface area contributed by atoms with Crippen LogP contribution in [-0.4, -0.2) is 84.5 Å². The molecule has 2 unspecified atom stereocenters. The lowest BCUT2D eigenvalue weighted by molar-refractivity contribution is -0.135. The summed E-state index contributed by atoms with van der Waals surface area (Å²) in [5.74, 6) is 1.32. The van der Waals surface area contributed by atoms with Crippen LogP contribution in [0.4, 0.5) is 4.79 Å². The third-order valence-electron chi connectivity index (χ3n) is 9.59. The van der Waals surface area contributed by atoms with Gasteiger partial charge in [-0.25, -0.2) is 4.79 Å². The largest absolute Gasteiger partial charge is 0.342 e. The number of nitrogens with one attached hydrogen (secondary N) is 1. The van der Waals surface area contributed by atoms with E-state index in [1.807, 2.05) is 24.5 Å². The molecule has 0 aromatic heterocycles. The highest BCUT2D eigenvalue weighted by Crippen LogP contribution is 2.47. The zero-order valence-electron chi connectivity index (χ0n) is 26.7. The summed E-state index contributed by atoms with van der Waals surface area (Å²) in [6, 6.07) is 18.4. The zero-order valence-corrected chi connectivity index (χ0v) is 27.5. The van der Waals surface area contributed by atoms with E-state index < -0.39 is 5.54 Å². The van der Waals surface area contributed by atoms with Crippen molar-refractivity contribution in [2.24, 2.45) is 17.3 Å². The van der Waals surface area contributed by atoms with Gasteiger partial charge in [-0.05, 0) is 68.4 Å². The molecule has 3 fully saturated rings. The van der Waals surface area contributed by atoms with Crippen molar-refractivity contribution in [2.45, 2.75) is 69.9 Å². The lowest BCUT2D eigenvalue weighted by Gasteiger charge is -2.43. The van der Waals surface area contributed by atoms with Gasteiger partial charge in [0.1, 0.15) is 6.29 Å². The highest BCUT2D eigenvalue weighted by atomic mass is 32.2. The fourth-order valence-corrected chi connectivity index (χ4v) is 6.60. The molecule has 2 aromatic carbocycles. The number of carbonyl (C=O) groups is 3. The van der Waals surface area contributed by atoms with Crippen LogP contribution in [0.2, 0.25) is 0 Å². The molecule has 0 bridgehead atoms. The molecular formula is C35H50N4O3S. The Morgan fingerprint density at radius 3 is 2.21 bits per heavy atom. The topological polar surface area (TPSA) is 73.0 Å². The number of rotatable bonds is 9. The Balaban J connectivity index is 0.000000530. The minimum Gasteiger partial charge on any atom is -0.342 e. The molecule has 0 radical (unpaired) electrons. The molecule has 2 aliphatic heterocycles. The van der Waals surface area contributed by atoms with Gasteiger partial charge in [-0.1, -0.05) is 61.9 Å². The van der Waals surface area contributed by atoms with Crippen molar-refractivity contribution in [1.29, 1.82) is 0 Å². The second-order valence-corrected chi connectivity index (χ2v) is 14.1. The van der Waals surface area contributed by atoms with Crippen LogP contribution in [0.3, 0.4) is 0 Å². The van der Waals surface area contributed by atoms with Gasteiger partial charge in [0.05, 0.1) is 5.54 Å². The molecule has 3 amide bonds. The smallest absolute Gasteiger partial charge is 0.317 e. The van der Waals surface area contributed by atoms with E-state index in [1.165, 1.54) is 10.5 Å². The molecule has 1 N–H and O–H groups in total. The van der Waals surface area contributed by atoms with Crippen molar-refractivity contribution in [3.05, 3.63) is 65.7 Å². The van der Waals surface area contributed by atoms with Crippen LogP contribution >= 0.6 is 11.8 Å². The SMILES string of the molecule is CSc1ccc(CN(C)C(=O)NC2(CC=O)CCN(CC3CN(C(=O)C4(C)CC4)CC3C)CC2)cc1.Cc1ccccc1. The number of likely N-dealkylation sites (tertiary alicyclic amines) is 2. The van der Waals surface area contributed by atoms with Gasteiger partial charge in [-0.15, -0.1) is 11.8 Å². The third kappa shape index (κ3) is 9.08. The molecule has 0 spiro atoms. The number of benzene rings is 2. The normalized spacial score (nSPS) is 22.2. The van der Waals surface area contributed by atoms with Crippen LogP contribution in [0.1, 0.15) is 57.1 Å². The first-order valence-corrected chi connectivity index (χ1v) is 16.9. The third-order valence-corrected chi connectivity index (χ3v) is 10.3. The van der Waals surface area contributed by atoms with Gasteiger partial charge in [0.25, 0.3) is 0 Å².